The first kappa shape index (κ1) is 16.5. The molecule has 0 aliphatic rings. The maximum atomic E-state index is 2.34. The molecule has 0 radical (unpaired) electrons. The third kappa shape index (κ3) is 6.30. The largest absolute Gasteiger partial charge is 0.0837 e. The highest BCUT2D eigenvalue weighted by molar-refractivity contribution is 5.48. The van der Waals surface area contributed by atoms with Gasteiger partial charge in [-0.05, 0) is 41.7 Å². The highest BCUT2D eigenvalue weighted by Gasteiger charge is 2.18. The first-order valence-corrected chi connectivity index (χ1v) is 8.28. The Labute approximate surface area is 135 Å². The van der Waals surface area contributed by atoms with Crippen LogP contribution in [0.4, 0.5) is 0 Å². The second-order valence-electron chi connectivity index (χ2n) is 7.37. The lowest BCUT2D eigenvalue weighted by Gasteiger charge is -2.25. The van der Waals surface area contributed by atoms with Crippen molar-refractivity contribution in [1.82, 2.24) is 0 Å². The molecule has 0 heteroatoms. The monoisotopic (exact) mass is 292 g/mol. The van der Waals surface area contributed by atoms with Gasteiger partial charge in [-0.3, -0.25) is 0 Å². The van der Waals surface area contributed by atoms with E-state index in [1.54, 1.807) is 0 Å². The van der Waals surface area contributed by atoms with E-state index in [9.17, 15) is 0 Å². The van der Waals surface area contributed by atoms with Crippen LogP contribution >= 0.6 is 0 Å². The van der Waals surface area contributed by atoms with Gasteiger partial charge in [-0.25, -0.2) is 0 Å². The maximum absolute atomic E-state index is 2.34. The summed E-state index contributed by atoms with van der Waals surface area (Å²) in [6.45, 7) is 7.02. The molecule has 116 valence electrons. The standard InChI is InChI=1S/C22H28/c1-22(2,3)18-21(17-20-13-8-5-9-14-20)16-10-15-19-11-6-4-7-12-19/h4-15,21H,16-18H2,1-3H3. The van der Waals surface area contributed by atoms with Crippen LogP contribution in [0.25, 0.3) is 6.08 Å². The van der Waals surface area contributed by atoms with Crippen molar-refractivity contribution in [2.45, 2.75) is 40.0 Å². The molecule has 0 aromatic heterocycles. The smallest absolute Gasteiger partial charge is 0.0247 e. The van der Waals surface area contributed by atoms with Crippen molar-refractivity contribution in [1.29, 1.82) is 0 Å². The Balaban J connectivity index is 2.00. The molecule has 0 bridgehead atoms. The van der Waals surface area contributed by atoms with Gasteiger partial charge in [-0.2, -0.15) is 0 Å². The summed E-state index contributed by atoms with van der Waals surface area (Å²) in [7, 11) is 0. The van der Waals surface area contributed by atoms with E-state index < -0.39 is 0 Å². The van der Waals surface area contributed by atoms with Crippen molar-refractivity contribution in [3.05, 3.63) is 77.9 Å². The van der Waals surface area contributed by atoms with E-state index in [2.05, 4.69) is 93.6 Å². The zero-order valence-electron chi connectivity index (χ0n) is 14.1. The molecule has 0 spiro atoms. The normalized spacial score (nSPS) is 13.4. The summed E-state index contributed by atoms with van der Waals surface area (Å²) in [5.41, 5.74) is 3.11. The molecule has 1 unspecified atom stereocenters. The minimum absolute atomic E-state index is 0.375. The van der Waals surface area contributed by atoms with Crippen LogP contribution in [0.2, 0.25) is 0 Å². The van der Waals surface area contributed by atoms with Crippen molar-refractivity contribution in [2.75, 3.05) is 0 Å². The lowest BCUT2D eigenvalue weighted by Crippen LogP contribution is -2.15. The van der Waals surface area contributed by atoms with Gasteiger partial charge in [0.25, 0.3) is 0 Å². The quantitative estimate of drug-likeness (QED) is 0.579. The summed E-state index contributed by atoms with van der Waals surface area (Å²) in [6.07, 6.45) is 8.15. The summed E-state index contributed by atoms with van der Waals surface area (Å²) in [4.78, 5) is 0. The summed E-state index contributed by atoms with van der Waals surface area (Å²) in [5, 5.41) is 0. The van der Waals surface area contributed by atoms with Crippen LogP contribution in [0.5, 0.6) is 0 Å². The molecule has 0 fully saturated rings. The van der Waals surface area contributed by atoms with E-state index in [1.807, 2.05) is 0 Å². The van der Waals surface area contributed by atoms with Crippen molar-refractivity contribution in [2.24, 2.45) is 11.3 Å². The predicted octanol–water partition coefficient (Wildman–Crippen LogP) is 6.39. The van der Waals surface area contributed by atoms with Crippen LogP contribution in [0.1, 0.15) is 44.7 Å². The Morgan fingerprint density at radius 3 is 2.05 bits per heavy atom. The van der Waals surface area contributed by atoms with Crippen molar-refractivity contribution in [3.8, 4) is 0 Å². The minimum Gasteiger partial charge on any atom is -0.0837 e. The van der Waals surface area contributed by atoms with E-state index in [4.69, 9.17) is 0 Å². The highest BCUT2D eigenvalue weighted by atomic mass is 14.2. The first-order valence-electron chi connectivity index (χ1n) is 8.28. The van der Waals surface area contributed by atoms with Crippen LogP contribution in [0.15, 0.2) is 66.7 Å². The van der Waals surface area contributed by atoms with Gasteiger partial charge in [-0.1, -0.05) is 93.6 Å². The number of hydrogen-bond acceptors (Lipinski definition) is 0. The van der Waals surface area contributed by atoms with Gasteiger partial charge in [0.15, 0.2) is 0 Å². The van der Waals surface area contributed by atoms with E-state index in [0.717, 1.165) is 12.8 Å². The lowest BCUT2D eigenvalue weighted by atomic mass is 9.80. The topological polar surface area (TPSA) is 0 Å². The first-order chi connectivity index (χ1) is 10.5. The van der Waals surface area contributed by atoms with Crippen molar-refractivity contribution >= 4 is 6.08 Å². The summed E-state index contributed by atoms with van der Waals surface area (Å²) in [6, 6.07) is 21.4. The SMILES string of the molecule is CC(C)(C)CC(CC=Cc1ccccc1)Cc1ccccc1. The van der Waals surface area contributed by atoms with Crippen molar-refractivity contribution in [3.63, 3.8) is 0 Å². The molecule has 0 saturated heterocycles. The van der Waals surface area contributed by atoms with Gasteiger partial charge < -0.3 is 0 Å². The Morgan fingerprint density at radius 1 is 0.864 bits per heavy atom. The molecule has 0 aliphatic heterocycles. The third-order valence-corrected chi connectivity index (χ3v) is 3.85. The summed E-state index contributed by atoms with van der Waals surface area (Å²) >= 11 is 0. The second-order valence-corrected chi connectivity index (χ2v) is 7.37. The Bertz CT molecular complexity index is 558. The third-order valence-electron chi connectivity index (χ3n) is 3.85. The molecule has 2 aromatic carbocycles. The average molecular weight is 292 g/mol. The number of benzene rings is 2. The van der Waals surface area contributed by atoms with Gasteiger partial charge >= 0.3 is 0 Å². The van der Waals surface area contributed by atoms with Crippen LogP contribution in [-0.2, 0) is 6.42 Å². The van der Waals surface area contributed by atoms with E-state index in [1.165, 1.54) is 17.5 Å². The molecule has 0 aliphatic carbocycles. The van der Waals surface area contributed by atoms with Gasteiger partial charge in [0.2, 0.25) is 0 Å². The molecular formula is C22H28. The number of hydrogen-bond donors (Lipinski definition) is 0. The predicted molar refractivity (Wildman–Crippen MR) is 97.8 cm³/mol. The van der Waals surface area contributed by atoms with E-state index >= 15 is 0 Å². The Kier molecular flexibility index (Phi) is 6.00. The zero-order valence-corrected chi connectivity index (χ0v) is 14.1. The fourth-order valence-corrected chi connectivity index (χ4v) is 3.01. The van der Waals surface area contributed by atoms with Gasteiger partial charge in [0.05, 0.1) is 0 Å². The van der Waals surface area contributed by atoms with Crippen LogP contribution in [-0.4, -0.2) is 0 Å². The van der Waals surface area contributed by atoms with E-state index in [0.29, 0.717) is 11.3 Å². The molecule has 0 amide bonds. The van der Waals surface area contributed by atoms with Gasteiger partial charge in [0.1, 0.15) is 0 Å². The molecule has 0 N–H and O–H groups in total. The number of rotatable bonds is 6. The number of allylic oxidation sites excluding steroid dienone is 1. The Hall–Kier alpha value is -1.82. The van der Waals surface area contributed by atoms with E-state index in [-0.39, 0.29) is 0 Å². The fraction of sp³-hybridized carbons (Fsp3) is 0.364. The minimum atomic E-state index is 0.375. The Morgan fingerprint density at radius 2 is 1.45 bits per heavy atom. The molecule has 1 atom stereocenters. The van der Waals surface area contributed by atoms with Crippen LogP contribution in [0.3, 0.4) is 0 Å². The molecule has 0 nitrogen and oxygen atoms in total. The van der Waals surface area contributed by atoms with Crippen LogP contribution in [0, 0.1) is 11.3 Å². The van der Waals surface area contributed by atoms with Crippen LogP contribution < -0.4 is 0 Å². The lowest BCUT2D eigenvalue weighted by molar-refractivity contribution is 0.293. The molecule has 22 heavy (non-hydrogen) atoms. The highest BCUT2D eigenvalue weighted by Crippen LogP contribution is 2.29. The molecule has 2 rings (SSSR count). The molecule has 2 aromatic rings. The molecular weight excluding hydrogens is 264 g/mol. The maximum Gasteiger partial charge on any atom is -0.0247 e. The van der Waals surface area contributed by atoms with Crippen molar-refractivity contribution < 1.29 is 0 Å². The fourth-order valence-electron chi connectivity index (χ4n) is 3.01. The summed E-state index contributed by atoms with van der Waals surface area (Å²) in [5.74, 6) is 0.697. The second kappa shape index (κ2) is 7.98. The molecule has 0 heterocycles. The zero-order chi connectivity index (χ0) is 15.8. The molecule has 0 saturated carbocycles. The average Bonchev–Trinajstić information content (AvgIpc) is 2.48. The van der Waals surface area contributed by atoms with Gasteiger partial charge in [0, 0.05) is 0 Å². The van der Waals surface area contributed by atoms with Gasteiger partial charge in [-0.15, -0.1) is 0 Å². The summed E-state index contributed by atoms with van der Waals surface area (Å²) < 4.78 is 0.